The van der Waals surface area contributed by atoms with Crippen LogP contribution in [-0.4, -0.2) is 6.21 Å². The van der Waals surface area contributed by atoms with Crippen LogP contribution in [0, 0.1) is 11.6 Å². The minimum Gasteiger partial charge on any atom is -0.311 e. The highest BCUT2D eigenvalue weighted by Crippen LogP contribution is 2.34. The van der Waals surface area contributed by atoms with E-state index in [4.69, 9.17) is 0 Å². The minimum absolute atomic E-state index is 0.285. The topological polar surface area (TPSA) is 15.6 Å². The number of halogens is 2. The molecule has 4 aromatic carbocycles. The Morgan fingerprint density at radius 2 is 1.03 bits per heavy atom. The molecule has 4 heteroatoms. The molecular formula is C25H18F2N2. The van der Waals surface area contributed by atoms with Crippen LogP contribution in [0.25, 0.3) is 0 Å². The summed E-state index contributed by atoms with van der Waals surface area (Å²) in [5, 5.41) is 0. The first kappa shape index (κ1) is 18.6. The summed E-state index contributed by atoms with van der Waals surface area (Å²) in [7, 11) is 0. The first-order valence-electron chi connectivity index (χ1n) is 9.21. The number of rotatable bonds is 5. The van der Waals surface area contributed by atoms with E-state index in [1.807, 2.05) is 84.9 Å². The van der Waals surface area contributed by atoms with Gasteiger partial charge in [0.05, 0.1) is 0 Å². The molecule has 0 unspecified atom stereocenters. The van der Waals surface area contributed by atoms with Gasteiger partial charge in [-0.2, -0.15) is 0 Å². The molecule has 4 rings (SSSR count). The van der Waals surface area contributed by atoms with Gasteiger partial charge in [-0.3, -0.25) is 4.99 Å². The molecule has 0 atom stereocenters. The highest BCUT2D eigenvalue weighted by Gasteiger charge is 2.11. The van der Waals surface area contributed by atoms with Crippen molar-refractivity contribution in [3.05, 3.63) is 120 Å². The van der Waals surface area contributed by atoms with Gasteiger partial charge in [0.15, 0.2) is 11.6 Å². The monoisotopic (exact) mass is 384 g/mol. The van der Waals surface area contributed by atoms with Crippen molar-refractivity contribution < 1.29 is 8.78 Å². The van der Waals surface area contributed by atoms with Crippen LogP contribution in [0.15, 0.2) is 108 Å². The minimum atomic E-state index is -0.683. The number of anilines is 3. The lowest BCUT2D eigenvalue weighted by Crippen LogP contribution is -2.09. The Labute approximate surface area is 168 Å². The number of hydrogen-bond donors (Lipinski definition) is 0. The lowest BCUT2D eigenvalue weighted by Gasteiger charge is -2.25. The summed E-state index contributed by atoms with van der Waals surface area (Å²) >= 11 is 0. The Bertz CT molecular complexity index is 1050. The van der Waals surface area contributed by atoms with E-state index in [-0.39, 0.29) is 5.69 Å². The van der Waals surface area contributed by atoms with E-state index in [9.17, 15) is 8.78 Å². The molecule has 0 N–H and O–H groups in total. The van der Waals surface area contributed by atoms with Gasteiger partial charge in [0.25, 0.3) is 0 Å². The third kappa shape index (κ3) is 4.22. The smallest absolute Gasteiger partial charge is 0.151 e. The summed E-state index contributed by atoms with van der Waals surface area (Å²) in [5.74, 6) is -1.37. The maximum atomic E-state index is 13.7. The van der Waals surface area contributed by atoms with E-state index in [0.29, 0.717) is 0 Å². The van der Waals surface area contributed by atoms with Crippen molar-refractivity contribution in [3.8, 4) is 0 Å². The van der Waals surface area contributed by atoms with Crippen molar-refractivity contribution in [2.24, 2.45) is 4.99 Å². The molecule has 0 radical (unpaired) electrons. The Kier molecular flexibility index (Phi) is 5.43. The van der Waals surface area contributed by atoms with Crippen molar-refractivity contribution in [3.63, 3.8) is 0 Å². The van der Waals surface area contributed by atoms with Crippen molar-refractivity contribution in [2.45, 2.75) is 0 Å². The van der Waals surface area contributed by atoms with Gasteiger partial charge in [-0.1, -0.05) is 54.6 Å². The van der Waals surface area contributed by atoms with Crippen LogP contribution in [-0.2, 0) is 0 Å². The summed E-state index contributed by atoms with van der Waals surface area (Å²) < 4.78 is 27.5. The molecule has 0 aromatic heterocycles. The van der Waals surface area contributed by atoms with Crippen LogP contribution in [0.1, 0.15) is 5.56 Å². The number of aliphatic imine (C=N–C) groups is 1. The summed E-state index contributed by atoms with van der Waals surface area (Å²) in [6.45, 7) is 0. The van der Waals surface area contributed by atoms with Gasteiger partial charge in [0.1, 0.15) is 5.69 Å². The third-order valence-corrected chi connectivity index (χ3v) is 4.46. The number of benzene rings is 4. The quantitative estimate of drug-likeness (QED) is 0.333. The number of hydrogen-bond acceptors (Lipinski definition) is 2. The molecule has 0 saturated heterocycles. The number of para-hydroxylation sites is 3. The fraction of sp³-hybridized carbons (Fsp3) is 0. The molecule has 0 bridgehead atoms. The summed E-state index contributed by atoms with van der Waals surface area (Å²) in [6, 6.07) is 31.5. The van der Waals surface area contributed by atoms with Crippen molar-refractivity contribution in [2.75, 3.05) is 4.90 Å². The average Bonchev–Trinajstić information content (AvgIpc) is 2.76. The molecule has 142 valence electrons. The van der Waals surface area contributed by atoms with Gasteiger partial charge in [0.2, 0.25) is 0 Å². The van der Waals surface area contributed by atoms with Crippen LogP contribution in [0.4, 0.5) is 31.5 Å². The largest absolute Gasteiger partial charge is 0.311 e. The second kappa shape index (κ2) is 8.48. The molecule has 0 aliphatic rings. The van der Waals surface area contributed by atoms with Crippen molar-refractivity contribution in [1.29, 1.82) is 0 Å². The molecule has 0 aliphatic heterocycles. The Balaban J connectivity index is 1.65. The molecule has 0 aliphatic carbocycles. The molecular weight excluding hydrogens is 366 g/mol. The van der Waals surface area contributed by atoms with Crippen LogP contribution in [0.2, 0.25) is 0 Å². The molecule has 2 nitrogen and oxygen atoms in total. The van der Waals surface area contributed by atoms with Gasteiger partial charge in [-0.25, -0.2) is 8.78 Å². The van der Waals surface area contributed by atoms with Gasteiger partial charge >= 0.3 is 0 Å². The predicted octanol–water partition coefficient (Wildman–Crippen LogP) is 7.19. The van der Waals surface area contributed by atoms with E-state index >= 15 is 0 Å². The van der Waals surface area contributed by atoms with E-state index in [2.05, 4.69) is 9.89 Å². The van der Waals surface area contributed by atoms with Crippen LogP contribution in [0.5, 0.6) is 0 Å². The Morgan fingerprint density at radius 3 is 1.55 bits per heavy atom. The highest BCUT2D eigenvalue weighted by molar-refractivity contribution is 5.84. The summed E-state index contributed by atoms with van der Waals surface area (Å²) in [4.78, 5) is 6.11. The zero-order valence-corrected chi connectivity index (χ0v) is 15.5. The number of nitrogens with zero attached hydrogens (tertiary/aromatic N) is 2. The fourth-order valence-corrected chi connectivity index (χ4v) is 3.06. The van der Waals surface area contributed by atoms with Crippen LogP contribution in [0.3, 0.4) is 0 Å². The normalized spacial score (nSPS) is 11.0. The maximum absolute atomic E-state index is 13.7. The maximum Gasteiger partial charge on any atom is 0.151 e. The molecule has 0 spiro atoms. The fourth-order valence-electron chi connectivity index (χ4n) is 3.06. The van der Waals surface area contributed by atoms with Crippen LogP contribution < -0.4 is 4.90 Å². The van der Waals surface area contributed by atoms with E-state index in [1.54, 1.807) is 0 Å². The van der Waals surface area contributed by atoms with Gasteiger partial charge in [-0.15, -0.1) is 0 Å². The molecule has 0 fully saturated rings. The van der Waals surface area contributed by atoms with Gasteiger partial charge in [0, 0.05) is 23.3 Å². The van der Waals surface area contributed by atoms with Gasteiger partial charge in [-0.05, 0) is 54.1 Å². The molecule has 0 saturated carbocycles. The second-order valence-corrected chi connectivity index (χ2v) is 6.43. The van der Waals surface area contributed by atoms with Crippen molar-refractivity contribution >= 4 is 29.0 Å². The summed E-state index contributed by atoms with van der Waals surface area (Å²) in [5.41, 5.74) is 3.50. The molecule has 0 amide bonds. The Hall–Kier alpha value is -3.79. The SMILES string of the molecule is Fc1cccc(F)c1N=Cc1ccc(N(c2ccccc2)c2ccccc2)cc1. The van der Waals surface area contributed by atoms with Gasteiger partial charge < -0.3 is 4.90 Å². The molecule has 29 heavy (non-hydrogen) atoms. The third-order valence-electron chi connectivity index (χ3n) is 4.46. The lowest BCUT2D eigenvalue weighted by atomic mass is 10.1. The first-order chi connectivity index (χ1) is 14.2. The van der Waals surface area contributed by atoms with E-state index < -0.39 is 11.6 Å². The first-order valence-corrected chi connectivity index (χ1v) is 9.21. The molecule has 0 heterocycles. The zero-order valence-electron chi connectivity index (χ0n) is 15.5. The second-order valence-electron chi connectivity index (χ2n) is 6.43. The Morgan fingerprint density at radius 1 is 0.552 bits per heavy atom. The predicted molar refractivity (Wildman–Crippen MR) is 115 cm³/mol. The zero-order chi connectivity index (χ0) is 20.1. The van der Waals surface area contributed by atoms with E-state index in [1.165, 1.54) is 24.4 Å². The van der Waals surface area contributed by atoms with Crippen LogP contribution >= 0.6 is 0 Å². The van der Waals surface area contributed by atoms with E-state index in [0.717, 1.165) is 22.6 Å². The standard InChI is InChI=1S/C25H18F2N2/c26-23-12-7-13-24(27)25(23)28-18-19-14-16-22(17-15-19)29(20-8-3-1-4-9-20)21-10-5-2-6-11-21/h1-18H. The lowest BCUT2D eigenvalue weighted by molar-refractivity contribution is 0.587. The highest BCUT2D eigenvalue weighted by atomic mass is 19.1. The molecule has 4 aromatic rings. The summed E-state index contributed by atoms with van der Waals surface area (Å²) in [6.07, 6.45) is 1.46. The van der Waals surface area contributed by atoms with Crippen molar-refractivity contribution in [1.82, 2.24) is 0 Å². The average molecular weight is 384 g/mol.